The molecule has 1 aromatic carbocycles. The predicted molar refractivity (Wildman–Crippen MR) is 98.6 cm³/mol. The highest BCUT2D eigenvalue weighted by atomic mass is 16.4. The van der Waals surface area contributed by atoms with E-state index < -0.39 is 0 Å². The van der Waals surface area contributed by atoms with Gasteiger partial charge in [-0.3, -0.25) is 19.3 Å². The number of nitrogens with zero attached hydrogens (tertiary/aromatic N) is 4. The molecule has 0 atom stereocenters. The minimum Gasteiger partial charge on any atom is -0.425 e. The number of benzene rings is 1. The minimum atomic E-state index is -0.274. The number of hydrogen-bond donors (Lipinski definition) is 0. The van der Waals surface area contributed by atoms with Crippen LogP contribution in [0.5, 0.6) is 0 Å². The topological polar surface area (TPSA) is 96.6 Å². The van der Waals surface area contributed by atoms with E-state index in [0.717, 1.165) is 12.8 Å². The third kappa shape index (κ3) is 3.42. The van der Waals surface area contributed by atoms with Crippen molar-refractivity contribution in [2.24, 2.45) is 0 Å². The van der Waals surface area contributed by atoms with Gasteiger partial charge in [-0.1, -0.05) is 12.1 Å². The number of hydrogen-bond acceptors (Lipinski definition) is 6. The second-order valence-corrected chi connectivity index (χ2v) is 7.23. The Kier molecular flexibility index (Phi) is 4.93. The zero-order valence-corrected chi connectivity index (χ0v) is 15.8. The van der Waals surface area contributed by atoms with Crippen molar-refractivity contribution in [2.75, 3.05) is 19.6 Å². The number of rotatable bonds is 5. The SMILES string of the molecule is Cc1nnc(C2CCN(C(=O)CCCN3C(=O)c4ccccc4C3=O)CC2)o1. The van der Waals surface area contributed by atoms with Crippen LogP contribution in [0.3, 0.4) is 0 Å². The van der Waals surface area contributed by atoms with Gasteiger partial charge >= 0.3 is 0 Å². The number of fused-ring (bicyclic) bond motifs is 1. The van der Waals surface area contributed by atoms with Crippen molar-refractivity contribution < 1.29 is 18.8 Å². The van der Waals surface area contributed by atoms with Gasteiger partial charge in [0.15, 0.2) is 0 Å². The molecule has 0 bridgehead atoms. The summed E-state index contributed by atoms with van der Waals surface area (Å²) in [5.41, 5.74) is 0.884. The molecule has 2 aromatic rings. The van der Waals surface area contributed by atoms with Crippen LogP contribution in [0.4, 0.5) is 0 Å². The van der Waals surface area contributed by atoms with Gasteiger partial charge in [-0.15, -0.1) is 10.2 Å². The predicted octanol–water partition coefficient (Wildman–Crippen LogP) is 2.16. The van der Waals surface area contributed by atoms with E-state index in [9.17, 15) is 14.4 Å². The highest BCUT2D eigenvalue weighted by molar-refractivity contribution is 6.21. The Labute approximate surface area is 162 Å². The first-order valence-electron chi connectivity index (χ1n) is 9.57. The number of aromatic nitrogens is 2. The maximum Gasteiger partial charge on any atom is 0.261 e. The zero-order chi connectivity index (χ0) is 19.7. The zero-order valence-electron chi connectivity index (χ0n) is 15.8. The highest BCUT2D eigenvalue weighted by Gasteiger charge is 2.35. The molecule has 8 nitrogen and oxygen atoms in total. The summed E-state index contributed by atoms with van der Waals surface area (Å²) >= 11 is 0. The molecule has 1 saturated heterocycles. The van der Waals surface area contributed by atoms with E-state index in [0.29, 0.717) is 48.8 Å². The molecule has 2 aliphatic rings. The van der Waals surface area contributed by atoms with Gasteiger partial charge in [0.25, 0.3) is 11.8 Å². The summed E-state index contributed by atoms with van der Waals surface area (Å²) in [6, 6.07) is 6.82. The van der Waals surface area contributed by atoms with E-state index in [4.69, 9.17) is 4.42 Å². The van der Waals surface area contributed by atoms with Crippen LogP contribution in [0.15, 0.2) is 28.7 Å². The molecule has 146 valence electrons. The van der Waals surface area contributed by atoms with Crippen LogP contribution in [0, 0.1) is 6.92 Å². The van der Waals surface area contributed by atoms with Crippen molar-refractivity contribution in [3.63, 3.8) is 0 Å². The van der Waals surface area contributed by atoms with Crippen LogP contribution in [-0.4, -0.2) is 57.4 Å². The van der Waals surface area contributed by atoms with Crippen LogP contribution in [0.25, 0.3) is 0 Å². The van der Waals surface area contributed by atoms with Crippen molar-refractivity contribution in [1.82, 2.24) is 20.0 Å². The van der Waals surface area contributed by atoms with Crippen LogP contribution in [-0.2, 0) is 4.79 Å². The van der Waals surface area contributed by atoms with Crippen LogP contribution in [0.1, 0.15) is 64.1 Å². The van der Waals surface area contributed by atoms with E-state index in [1.807, 2.05) is 4.90 Å². The van der Waals surface area contributed by atoms with Crippen LogP contribution >= 0.6 is 0 Å². The van der Waals surface area contributed by atoms with Gasteiger partial charge in [0.1, 0.15) is 0 Å². The standard InChI is InChI=1S/C20H22N4O4/c1-13-21-22-18(28-13)14-8-11-23(12-9-14)17(25)7-4-10-24-19(26)15-5-2-3-6-16(15)20(24)27/h2-3,5-6,14H,4,7-12H2,1H3. The van der Waals surface area contributed by atoms with Crippen molar-refractivity contribution in [3.8, 4) is 0 Å². The third-order valence-electron chi connectivity index (χ3n) is 5.39. The molecule has 0 N–H and O–H groups in total. The summed E-state index contributed by atoms with van der Waals surface area (Å²) in [5.74, 6) is 0.907. The van der Waals surface area contributed by atoms with E-state index in [2.05, 4.69) is 10.2 Å². The van der Waals surface area contributed by atoms with Crippen LogP contribution < -0.4 is 0 Å². The molecule has 2 aliphatic heterocycles. The Balaban J connectivity index is 1.25. The summed E-state index contributed by atoms with van der Waals surface area (Å²) < 4.78 is 5.49. The molecule has 3 heterocycles. The second-order valence-electron chi connectivity index (χ2n) is 7.23. The molecule has 0 aliphatic carbocycles. The van der Waals surface area contributed by atoms with Gasteiger partial charge in [-0.05, 0) is 31.4 Å². The number of likely N-dealkylation sites (tertiary alicyclic amines) is 1. The molecular weight excluding hydrogens is 360 g/mol. The second kappa shape index (κ2) is 7.53. The highest BCUT2D eigenvalue weighted by Crippen LogP contribution is 2.27. The Bertz CT molecular complexity index is 879. The molecule has 3 amide bonds. The lowest BCUT2D eigenvalue weighted by atomic mass is 9.96. The lowest BCUT2D eigenvalue weighted by molar-refractivity contribution is -0.132. The summed E-state index contributed by atoms with van der Waals surface area (Å²) in [6.07, 6.45) is 2.38. The first-order chi connectivity index (χ1) is 13.5. The Morgan fingerprint density at radius 2 is 1.75 bits per heavy atom. The average molecular weight is 382 g/mol. The fourth-order valence-corrected chi connectivity index (χ4v) is 3.84. The lowest BCUT2D eigenvalue weighted by Gasteiger charge is -2.30. The van der Waals surface area contributed by atoms with Gasteiger partial charge in [-0.25, -0.2) is 0 Å². The van der Waals surface area contributed by atoms with Gasteiger partial charge in [0.05, 0.1) is 11.1 Å². The number of imide groups is 1. The van der Waals surface area contributed by atoms with Gasteiger partial charge in [0, 0.05) is 38.9 Å². The van der Waals surface area contributed by atoms with E-state index >= 15 is 0 Å². The molecule has 28 heavy (non-hydrogen) atoms. The first kappa shape index (κ1) is 18.3. The lowest BCUT2D eigenvalue weighted by Crippen LogP contribution is -2.38. The summed E-state index contributed by atoms with van der Waals surface area (Å²) in [6.45, 7) is 3.33. The van der Waals surface area contributed by atoms with Crippen molar-refractivity contribution in [1.29, 1.82) is 0 Å². The minimum absolute atomic E-state index is 0.0526. The number of carbonyl (C=O) groups excluding carboxylic acids is 3. The van der Waals surface area contributed by atoms with Crippen LogP contribution in [0.2, 0.25) is 0 Å². The quantitative estimate of drug-likeness (QED) is 0.735. The van der Waals surface area contributed by atoms with Crippen molar-refractivity contribution >= 4 is 17.7 Å². The molecule has 0 saturated carbocycles. The summed E-state index contributed by atoms with van der Waals surface area (Å²) in [4.78, 5) is 40.3. The number of piperidine rings is 1. The van der Waals surface area contributed by atoms with Gasteiger partial charge < -0.3 is 9.32 Å². The number of amides is 3. The summed E-state index contributed by atoms with van der Waals surface area (Å²) in [7, 11) is 0. The Morgan fingerprint density at radius 3 is 2.32 bits per heavy atom. The molecule has 8 heteroatoms. The third-order valence-corrected chi connectivity index (χ3v) is 5.39. The van der Waals surface area contributed by atoms with Crippen molar-refractivity contribution in [2.45, 2.75) is 38.5 Å². The van der Waals surface area contributed by atoms with E-state index in [-0.39, 0.29) is 30.2 Å². The molecule has 1 aromatic heterocycles. The maximum atomic E-state index is 12.5. The Hall–Kier alpha value is -3.03. The van der Waals surface area contributed by atoms with E-state index in [1.54, 1.807) is 31.2 Å². The largest absolute Gasteiger partial charge is 0.425 e. The average Bonchev–Trinajstić information content (AvgIpc) is 3.25. The normalized spacial score (nSPS) is 17.3. The molecule has 0 unspecified atom stereocenters. The fourth-order valence-electron chi connectivity index (χ4n) is 3.84. The molecule has 4 rings (SSSR count). The molecule has 1 fully saturated rings. The van der Waals surface area contributed by atoms with Crippen molar-refractivity contribution in [3.05, 3.63) is 47.2 Å². The Morgan fingerprint density at radius 1 is 1.11 bits per heavy atom. The van der Waals surface area contributed by atoms with Gasteiger partial charge in [-0.2, -0.15) is 0 Å². The van der Waals surface area contributed by atoms with Gasteiger partial charge in [0.2, 0.25) is 17.7 Å². The number of aryl methyl sites for hydroxylation is 1. The molecule has 0 spiro atoms. The smallest absolute Gasteiger partial charge is 0.261 e. The molecule has 0 radical (unpaired) electrons. The summed E-state index contributed by atoms with van der Waals surface area (Å²) in [5, 5.41) is 7.94. The fraction of sp³-hybridized carbons (Fsp3) is 0.450. The monoisotopic (exact) mass is 382 g/mol. The number of carbonyl (C=O) groups is 3. The molecular formula is C20H22N4O4. The van der Waals surface area contributed by atoms with E-state index in [1.165, 1.54) is 4.90 Å². The first-order valence-corrected chi connectivity index (χ1v) is 9.57. The maximum absolute atomic E-state index is 12.5.